The Kier molecular flexibility index (Phi) is 4.85. The van der Waals surface area contributed by atoms with Gasteiger partial charge in [0.2, 0.25) is 0 Å². The van der Waals surface area contributed by atoms with Crippen LogP contribution in [0.3, 0.4) is 0 Å². The van der Waals surface area contributed by atoms with Gasteiger partial charge >= 0.3 is 0 Å². The van der Waals surface area contributed by atoms with Crippen LogP contribution in [0.1, 0.15) is 15.2 Å². The zero-order chi connectivity index (χ0) is 15.4. The molecule has 2 aromatic rings. The van der Waals surface area contributed by atoms with Gasteiger partial charge in [0.25, 0.3) is 5.91 Å². The molecular formula is C16H21N3OS. The fourth-order valence-corrected chi connectivity index (χ4v) is 2.82. The third-order valence-electron chi connectivity index (χ3n) is 3.37. The summed E-state index contributed by atoms with van der Waals surface area (Å²) in [5.41, 5.74) is 8.31. The van der Waals surface area contributed by atoms with Gasteiger partial charge in [0.15, 0.2) is 0 Å². The molecule has 2 rings (SSSR count). The number of hydrogen-bond donors (Lipinski definition) is 1. The Hall–Kier alpha value is -2.01. The Labute approximate surface area is 129 Å². The summed E-state index contributed by atoms with van der Waals surface area (Å²) in [4.78, 5) is 17.1. The molecule has 1 heterocycles. The number of anilines is 2. The second-order valence-corrected chi connectivity index (χ2v) is 6.26. The van der Waals surface area contributed by atoms with Crippen LogP contribution in [-0.4, -0.2) is 38.5 Å². The predicted molar refractivity (Wildman–Crippen MR) is 90.2 cm³/mol. The molecule has 0 saturated carbocycles. The lowest BCUT2D eigenvalue weighted by Gasteiger charge is -2.22. The molecule has 1 amide bonds. The minimum Gasteiger partial charge on any atom is -0.397 e. The molecule has 5 heteroatoms. The van der Waals surface area contributed by atoms with Gasteiger partial charge in [-0.15, -0.1) is 11.3 Å². The standard InChI is InChI=1S/C16H21N3OS/c1-18(2)16(20)12-6-7-14(17)15(11-12)19(3)9-8-13-5-4-10-21-13/h4-7,10-11H,8-9,17H2,1-3H3. The van der Waals surface area contributed by atoms with Crippen molar-refractivity contribution in [2.45, 2.75) is 6.42 Å². The molecule has 112 valence electrons. The Morgan fingerprint density at radius 1 is 1.24 bits per heavy atom. The summed E-state index contributed by atoms with van der Waals surface area (Å²) in [5, 5.41) is 2.08. The van der Waals surface area contributed by atoms with Gasteiger partial charge in [-0.05, 0) is 36.1 Å². The molecule has 21 heavy (non-hydrogen) atoms. The molecule has 4 nitrogen and oxygen atoms in total. The quantitative estimate of drug-likeness (QED) is 0.864. The third kappa shape index (κ3) is 3.76. The van der Waals surface area contributed by atoms with Crippen molar-refractivity contribution in [3.8, 4) is 0 Å². The number of hydrogen-bond acceptors (Lipinski definition) is 4. The van der Waals surface area contributed by atoms with Crippen molar-refractivity contribution in [2.24, 2.45) is 0 Å². The minimum atomic E-state index is -0.0112. The van der Waals surface area contributed by atoms with E-state index in [9.17, 15) is 4.79 Å². The highest BCUT2D eigenvalue weighted by atomic mass is 32.1. The maximum atomic E-state index is 12.0. The first-order chi connectivity index (χ1) is 9.99. The summed E-state index contributed by atoms with van der Waals surface area (Å²) in [6, 6.07) is 9.63. The van der Waals surface area contributed by atoms with Gasteiger partial charge in [-0.25, -0.2) is 0 Å². The van der Waals surface area contributed by atoms with Gasteiger partial charge in [0.05, 0.1) is 11.4 Å². The number of carbonyl (C=O) groups excluding carboxylic acids is 1. The van der Waals surface area contributed by atoms with Crippen LogP contribution in [0.15, 0.2) is 35.7 Å². The first kappa shape index (κ1) is 15.4. The van der Waals surface area contributed by atoms with E-state index in [0.717, 1.165) is 18.7 Å². The van der Waals surface area contributed by atoms with E-state index in [1.54, 1.807) is 42.5 Å². The van der Waals surface area contributed by atoms with E-state index in [2.05, 4.69) is 22.4 Å². The lowest BCUT2D eigenvalue weighted by atomic mass is 10.1. The number of nitrogens with two attached hydrogens (primary N) is 1. The van der Waals surface area contributed by atoms with Gasteiger partial charge in [-0.2, -0.15) is 0 Å². The maximum absolute atomic E-state index is 12.0. The molecule has 0 saturated heterocycles. The molecule has 0 radical (unpaired) electrons. The Bertz CT molecular complexity index is 608. The first-order valence-corrected chi connectivity index (χ1v) is 7.71. The van der Waals surface area contributed by atoms with Crippen molar-refractivity contribution >= 4 is 28.6 Å². The first-order valence-electron chi connectivity index (χ1n) is 6.83. The maximum Gasteiger partial charge on any atom is 0.253 e. The van der Waals surface area contributed by atoms with E-state index in [-0.39, 0.29) is 5.91 Å². The Morgan fingerprint density at radius 3 is 2.62 bits per heavy atom. The molecule has 0 bridgehead atoms. The van der Waals surface area contributed by atoms with Crippen molar-refractivity contribution in [1.29, 1.82) is 0 Å². The Morgan fingerprint density at radius 2 is 2.00 bits per heavy atom. The number of nitrogens with zero attached hydrogens (tertiary/aromatic N) is 2. The molecule has 0 fully saturated rings. The predicted octanol–water partition coefficient (Wildman–Crippen LogP) is 2.71. The zero-order valence-electron chi connectivity index (χ0n) is 12.7. The van der Waals surface area contributed by atoms with Crippen molar-refractivity contribution in [2.75, 3.05) is 38.3 Å². The van der Waals surface area contributed by atoms with Crippen LogP contribution in [0.2, 0.25) is 0 Å². The zero-order valence-corrected chi connectivity index (χ0v) is 13.5. The van der Waals surface area contributed by atoms with Gasteiger partial charge in [0, 0.05) is 38.1 Å². The molecule has 1 aromatic carbocycles. The third-order valence-corrected chi connectivity index (χ3v) is 4.30. The van der Waals surface area contributed by atoms with Crippen LogP contribution < -0.4 is 10.6 Å². The van der Waals surface area contributed by atoms with Gasteiger partial charge < -0.3 is 15.5 Å². The van der Waals surface area contributed by atoms with Crippen LogP contribution in [0, 0.1) is 0 Å². The normalized spacial score (nSPS) is 10.4. The van der Waals surface area contributed by atoms with Crippen LogP contribution in [-0.2, 0) is 6.42 Å². The number of rotatable bonds is 5. The van der Waals surface area contributed by atoms with Gasteiger partial charge in [0.1, 0.15) is 0 Å². The second kappa shape index (κ2) is 6.63. The molecule has 0 aliphatic carbocycles. The molecular weight excluding hydrogens is 282 g/mol. The number of amides is 1. The average Bonchev–Trinajstić information content (AvgIpc) is 2.97. The number of likely N-dealkylation sites (N-methyl/N-ethyl adjacent to an activating group) is 1. The highest BCUT2D eigenvalue weighted by molar-refractivity contribution is 7.09. The van der Waals surface area contributed by atoms with Crippen molar-refractivity contribution in [1.82, 2.24) is 4.90 Å². The number of benzene rings is 1. The lowest BCUT2D eigenvalue weighted by molar-refractivity contribution is 0.0827. The number of nitrogen functional groups attached to an aromatic ring is 1. The SMILES string of the molecule is CN(C)C(=O)c1ccc(N)c(N(C)CCc2cccs2)c1. The van der Waals surface area contributed by atoms with Crippen LogP contribution in [0.4, 0.5) is 11.4 Å². The molecule has 1 aromatic heterocycles. The summed E-state index contributed by atoms with van der Waals surface area (Å²) in [5.74, 6) is -0.0112. The second-order valence-electron chi connectivity index (χ2n) is 5.22. The number of carbonyl (C=O) groups is 1. The molecule has 0 aliphatic heterocycles. The fraction of sp³-hybridized carbons (Fsp3) is 0.312. The highest BCUT2D eigenvalue weighted by Crippen LogP contribution is 2.24. The Balaban J connectivity index is 2.13. The van der Waals surface area contributed by atoms with Crippen LogP contribution >= 0.6 is 11.3 Å². The molecule has 0 unspecified atom stereocenters. The molecule has 0 aliphatic rings. The van der Waals surface area contributed by atoms with Crippen molar-refractivity contribution in [3.05, 3.63) is 46.2 Å². The summed E-state index contributed by atoms with van der Waals surface area (Å²) in [6.45, 7) is 0.865. The topological polar surface area (TPSA) is 49.6 Å². The molecule has 0 atom stereocenters. The van der Waals surface area contributed by atoms with E-state index >= 15 is 0 Å². The van der Waals surface area contributed by atoms with E-state index in [1.165, 1.54) is 4.88 Å². The fourth-order valence-electron chi connectivity index (χ4n) is 2.12. The summed E-state index contributed by atoms with van der Waals surface area (Å²) in [7, 11) is 5.50. The molecule has 2 N–H and O–H groups in total. The van der Waals surface area contributed by atoms with Crippen LogP contribution in [0.25, 0.3) is 0 Å². The number of thiophene rings is 1. The highest BCUT2D eigenvalue weighted by Gasteiger charge is 2.12. The minimum absolute atomic E-state index is 0.0112. The van der Waals surface area contributed by atoms with Crippen LogP contribution in [0.5, 0.6) is 0 Å². The lowest BCUT2D eigenvalue weighted by Crippen LogP contribution is -2.24. The van der Waals surface area contributed by atoms with Crippen molar-refractivity contribution in [3.63, 3.8) is 0 Å². The largest absolute Gasteiger partial charge is 0.397 e. The monoisotopic (exact) mass is 303 g/mol. The van der Waals surface area contributed by atoms with E-state index in [1.807, 2.05) is 13.1 Å². The summed E-state index contributed by atoms with van der Waals surface area (Å²) < 4.78 is 0. The summed E-state index contributed by atoms with van der Waals surface area (Å²) >= 11 is 1.76. The average molecular weight is 303 g/mol. The summed E-state index contributed by atoms with van der Waals surface area (Å²) in [6.07, 6.45) is 0.972. The van der Waals surface area contributed by atoms with Gasteiger partial charge in [-0.1, -0.05) is 6.07 Å². The smallest absolute Gasteiger partial charge is 0.253 e. The van der Waals surface area contributed by atoms with E-state index < -0.39 is 0 Å². The van der Waals surface area contributed by atoms with Crippen molar-refractivity contribution < 1.29 is 4.79 Å². The molecule has 0 spiro atoms. The van der Waals surface area contributed by atoms with E-state index in [0.29, 0.717) is 11.3 Å². The van der Waals surface area contributed by atoms with Gasteiger partial charge in [-0.3, -0.25) is 4.79 Å². The van der Waals surface area contributed by atoms with E-state index in [4.69, 9.17) is 5.73 Å².